The summed E-state index contributed by atoms with van der Waals surface area (Å²) in [7, 11) is 1.41. The van der Waals surface area contributed by atoms with Crippen molar-refractivity contribution in [2.24, 2.45) is 5.41 Å². The van der Waals surface area contributed by atoms with Gasteiger partial charge >= 0.3 is 5.97 Å². The highest BCUT2D eigenvalue weighted by Gasteiger charge is 2.44. The van der Waals surface area contributed by atoms with Crippen molar-refractivity contribution < 1.29 is 9.53 Å². The molecule has 0 saturated heterocycles. The predicted molar refractivity (Wildman–Crippen MR) is 73.2 cm³/mol. The number of nitrogens with zero attached hydrogens (tertiary/aromatic N) is 2. The molecule has 2 rings (SSSR count). The first kappa shape index (κ1) is 14.1. The molecule has 1 fully saturated rings. The molecule has 0 N–H and O–H groups in total. The SMILES string of the molecule is CCn1ccnc(SCC2(CC(=O)OC)CC2)c1=O. The molecule has 0 unspecified atom stereocenters. The van der Waals surface area contributed by atoms with Gasteiger partial charge < -0.3 is 9.30 Å². The van der Waals surface area contributed by atoms with Crippen LogP contribution in [-0.4, -0.2) is 28.4 Å². The largest absolute Gasteiger partial charge is 0.469 e. The predicted octanol–water partition coefficient (Wildman–Crippen LogP) is 1.70. The molecule has 1 aliphatic rings. The third-order valence-electron chi connectivity index (χ3n) is 3.44. The number of thioether (sulfide) groups is 1. The summed E-state index contributed by atoms with van der Waals surface area (Å²) < 4.78 is 6.34. The maximum absolute atomic E-state index is 12.0. The van der Waals surface area contributed by atoms with Gasteiger partial charge in [0.15, 0.2) is 5.03 Å². The summed E-state index contributed by atoms with van der Waals surface area (Å²) in [6, 6.07) is 0. The van der Waals surface area contributed by atoms with Crippen LogP contribution in [0.1, 0.15) is 26.2 Å². The van der Waals surface area contributed by atoms with Gasteiger partial charge in [0.1, 0.15) is 0 Å². The van der Waals surface area contributed by atoms with Crippen LogP contribution in [0.5, 0.6) is 0 Å². The zero-order valence-corrected chi connectivity index (χ0v) is 12.0. The van der Waals surface area contributed by atoms with Crippen molar-refractivity contribution in [2.45, 2.75) is 37.8 Å². The summed E-state index contributed by atoms with van der Waals surface area (Å²) in [5, 5.41) is 0.514. The van der Waals surface area contributed by atoms with E-state index in [2.05, 4.69) is 4.98 Å². The number of hydrogen-bond donors (Lipinski definition) is 0. The molecule has 1 aliphatic carbocycles. The maximum atomic E-state index is 12.0. The fraction of sp³-hybridized carbons (Fsp3) is 0.615. The lowest BCUT2D eigenvalue weighted by molar-refractivity contribution is -0.141. The van der Waals surface area contributed by atoms with Crippen LogP contribution < -0.4 is 5.56 Å². The van der Waals surface area contributed by atoms with Crippen LogP contribution >= 0.6 is 11.8 Å². The summed E-state index contributed by atoms with van der Waals surface area (Å²) in [6.45, 7) is 2.57. The van der Waals surface area contributed by atoms with E-state index in [9.17, 15) is 9.59 Å². The summed E-state index contributed by atoms with van der Waals surface area (Å²) >= 11 is 1.45. The Kier molecular flexibility index (Phi) is 4.29. The van der Waals surface area contributed by atoms with Crippen molar-refractivity contribution in [3.8, 4) is 0 Å². The molecule has 0 bridgehead atoms. The second kappa shape index (κ2) is 5.77. The molecular weight excluding hydrogens is 264 g/mol. The molecule has 5 nitrogen and oxygen atoms in total. The number of ether oxygens (including phenoxy) is 1. The van der Waals surface area contributed by atoms with Crippen molar-refractivity contribution in [1.82, 2.24) is 9.55 Å². The molecule has 1 aromatic heterocycles. The van der Waals surface area contributed by atoms with Crippen molar-refractivity contribution in [3.63, 3.8) is 0 Å². The van der Waals surface area contributed by atoms with E-state index >= 15 is 0 Å². The van der Waals surface area contributed by atoms with Crippen molar-refractivity contribution >= 4 is 17.7 Å². The molecule has 19 heavy (non-hydrogen) atoms. The fourth-order valence-electron chi connectivity index (χ4n) is 1.92. The molecule has 0 radical (unpaired) electrons. The van der Waals surface area contributed by atoms with Gasteiger partial charge in [-0.2, -0.15) is 0 Å². The first-order valence-corrected chi connectivity index (χ1v) is 7.34. The van der Waals surface area contributed by atoms with Crippen LogP contribution in [-0.2, 0) is 16.1 Å². The number of rotatable bonds is 6. The van der Waals surface area contributed by atoms with Crippen LogP contribution in [0.4, 0.5) is 0 Å². The van der Waals surface area contributed by atoms with Gasteiger partial charge in [0.25, 0.3) is 5.56 Å². The van der Waals surface area contributed by atoms with E-state index < -0.39 is 0 Å². The summed E-state index contributed by atoms with van der Waals surface area (Å²) in [4.78, 5) is 27.5. The minimum atomic E-state index is -0.176. The Balaban J connectivity index is 2.00. The van der Waals surface area contributed by atoms with Gasteiger partial charge in [-0.05, 0) is 25.2 Å². The number of carbonyl (C=O) groups excluding carboxylic acids is 1. The Morgan fingerprint density at radius 3 is 2.89 bits per heavy atom. The van der Waals surface area contributed by atoms with Crippen LogP contribution in [0, 0.1) is 5.41 Å². The average Bonchev–Trinajstić information content (AvgIpc) is 3.17. The summed E-state index contributed by atoms with van der Waals surface area (Å²) in [5.74, 6) is 0.572. The van der Waals surface area contributed by atoms with Gasteiger partial charge in [0.2, 0.25) is 0 Å². The maximum Gasteiger partial charge on any atom is 0.306 e. The van der Waals surface area contributed by atoms with Crippen molar-refractivity contribution in [2.75, 3.05) is 12.9 Å². The van der Waals surface area contributed by atoms with Crippen LogP contribution in [0.2, 0.25) is 0 Å². The zero-order chi connectivity index (χ0) is 13.9. The summed E-state index contributed by atoms with van der Waals surface area (Å²) in [6.07, 6.45) is 5.81. The Bertz CT molecular complexity index is 523. The highest BCUT2D eigenvalue weighted by atomic mass is 32.2. The second-order valence-electron chi connectivity index (χ2n) is 4.87. The smallest absolute Gasteiger partial charge is 0.306 e. The van der Waals surface area contributed by atoms with Gasteiger partial charge in [-0.25, -0.2) is 4.98 Å². The van der Waals surface area contributed by atoms with Crippen LogP contribution in [0.3, 0.4) is 0 Å². The number of hydrogen-bond acceptors (Lipinski definition) is 5. The van der Waals surface area contributed by atoms with E-state index in [1.165, 1.54) is 18.9 Å². The van der Waals surface area contributed by atoms with Gasteiger partial charge in [-0.3, -0.25) is 9.59 Å². The molecule has 6 heteroatoms. The minimum absolute atomic E-state index is 0.0127. The fourth-order valence-corrected chi connectivity index (χ4v) is 3.13. The normalized spacial score (nSPS) is 16.1. The molecule has 104 valence electrons. The zero-order valence-electron chi connectivity index (χ0n) is 11.2. The Morgan fingerprint density at radius 2 is 2.32 bits per heavy atom. The minimum Gasteiger partial charge on any atom is -0.469 e. The molecule has 0 amide bonds. The van der Waals surface area contributed by atoms with Gasteiger partial charge in [-0.1, -0.05) is 0 Å². The first-order valence-electron chi connectivity index (χ1n) is 6.35. The summed E-state index contributed by atoms with van der Waals surface area (Å²) in [5.41, 5.74) is -0.0393. The third kappa shape index (κ3) is 3.37. The number of aryl methyl sites for hydroxylation is 1. The van der Waals surface area contributed by atoms with E-state index in [0.717, 1.165) is 18.6 Å². The highest BCUT2D eigenvalue weighted by molar-refractivity contribution is 7.99. The van der Waals surface area contributed by atoms with E-state index in [-0.39, 0.29) is 16.9 Å². The monoisotopic (exact) mass is 282 g/mol. The molecule has 1 heterocycles. The molecule has 1 aromatic rings. The highest BCUT2D eigenvalue weighted by Crippen LogP contribution is 2.51. The van der Waals surface area contributed by atoms with Crippen molar-refractivity contribution in [1.29, 1.82) is 0 Å². The Labute approximate surface area is 116 Å². The quantitative estimate of drug-likeness (QED) is 0.587. The lowest BCUT2D eigenvalue weighted by atomic mass is 10.1. The number of methoxy groups -OCH3 is 1. The Morgan fingerprint density at radius 1 is 1.58 bits per heavy atom. The molecule has 0 spiro atoms. The number of carbonyl (C=O) groups is 1. The van der Waals surface area contributed by atoms with Crippen LogP contribution in [0.15, 0.2) is 22.2 Å². The number of esters is 1. The molecule has 1 saturated carbocycles. The van der Waals surface area contributed by atoms with E-state index in [1.807, 2.05) is 6.92 Å². The molecule has 0 aliphatic heterocycles. The Hall–Kier alpha value is -1.30. The van der Waals surface area contributed by atoms with E-state index in [4.69, 9.17) is 4.74 Å². The molecular formula is C13H18N2O3S. The standard InChI is InChI=1S/C13H18N2O3S/c1-3-15-7-6-14-11(12(15)17)19-9-13(4-5-13)8-10(16)18-2/h6-7H,3-5,8-9H2,1-2H3. The van der Waals surface area contributed by atoms with Crippen LogP contribution in [0.25, 0.3) is 0 Å². The van der Waals surface area contributed by atoms with E-state index in [0.29, 0.717) is 18.0 Å². The third-order valence-corrected chi connectivity index (χ3v) is 4.75. The second-order valence-corrected chi connectivity index (χ2v) is 5.83. The topological polar surface area (TPSA) is 61.2 Å². The lowest BCUT2D eigenvalue weighted by Crippen LogP contribution is -2.22. The molecule has 0 aromatic carbocycles. The lowest BCUT2D eigenvalue weighted by Gasteiger charge is -2.12. The first-order chi connectivity index (χ1) is 9.10. The number of aromatic nitrogens is 2. The van der Waals surface area contributed by atoms with Gasteiger partial charge in [-0.15, -0.1) is 11.8 Å². The average molecular weight is 282 g/mol. The molecule has 0 atom stereocenters. The van der Waals surface area contributed by atoms with Gasteiger partial charge in [0.05, 0.1) is 13.5 Å². The van der Waals surface area contributed by atoms with E-state index in [1.54, 1.807) is 17.0 Å². The van der Waals surface area contributed by atoms with Gasteiger partial charge in [0, 0.05) is 24.7 Å². The van der Waals surface area contributed by atoms with Crippen molar-refractivity contribution in [3.05, 3.63) is 22.7 Å².